The van der Waals surface area contributed by atoms with E-state index < -0.39 is 5.82 Å². The number of imidazole rings is 1. The van der Waals surface area contributed by atoms with Crippen LogP contribution in [0.2, 0.25) is 5.02 Å². The topological polar surface area (TPSA) is 50.5 Å². The number of fused-ring (bicyclic) bond motifs is 1. The van der Waals surface area contributed by atoms with Crippen LogP contribution in [-0.2, 0) is 4.74 Å². The third-order valence-corrected chi connectivity index (χ3v) is 5.45. The number of aliphatic hydroxyl groups is 1. The highest BCUT2D eigenvalue weighted by atomic mass is 35.5. The summed E-state index contributed by atoms with van der Waals surface area (Å²) in [5.74, 6) is 0.383. The fourth-order valence-corrected chi connectivity index (χ4v) is 4.08. The number of rotatable bonds is 4. The molecule has 1 N–H and O–H groups in total. The van der Waals surface area contributed by atoms with Gasteiger partial charge in [0.05, 0.1) is 17.7 Å². The van der Waals surface area contributed by atoms with Crippen molar-refractivity contribution in [3.05, 3.63) is 41.4 Å². The first kappa shape index (κ1) is 17.0. The van der Waals surface area contributed by atoms with Gasteiger partial charge in [0.1, 0.15) is 11.6 Å². The molecule has 0 spiro atoms. The van der Waals surface area contributed by atoms with E-state index in [1.807, 2.05) is 6.20 Å². The van der Waals surface area contributed by atoms with Crippen LogP contribution in [0.15, 0.2) is 30.6 Å². The fraction of sp³-hybridized carbons (Fsp3) is 0.500. The third kappa shape index (κ3) is 3.31. The predicted molar refractivity (Wildman–Crippen MR) is 93.1 cm³/mol. The van der Waals surface area contributed by atoms with Crippen LogP contribution in [0.3, 0.4) is 0 Å². The molecule has 0 aliphatic carbocycles. The van der Waals surface area contributed by atoms with Gasteiger partial charge in [-0.1, -0.05) is 11.6 Å². The van der Waals surface area contributed by atoms with Crippen molar-refractivity contribution in [3.63, 3.8) is 0 Å². The summed E-state index contributed by atoms with van der Waals surface area (Å²) in [7, 11) is 0. The van der Waals surface area contributed by atoms with Crippen molar-refractivity contribution in [1.82, 2.24) is 14.5 Å². The van der Waals surface area contributed by atoms with Crippen LogP contribution in [0.1, 0.15) is 18.9 Å². The van der Waals surface area contributed by atoms with Crippen LogP contribution in [0.4, 0.5) is 4.39 Å². The summed E-state index contributed by atoms with van der Waals surface area (Å²) in [6, 6.07) is 5.40. The normalized spacial score (nSPS) is 26.8. The van der Waals surface area contributed by atoms with E-state index in [9.17, 15) is 4.39 Å². The molecule has 3 atom stereocenters. The number of aromatic nitrogens is 2. The van der Waals surface area contributed by atoms with Gasteiger partial charge in [-0.2, -0.15) is 0 Å². The van der Waals surface area contributed by atoms with Crippen LogP contribution < -0.4 is 0 Å². The maximum Gasteiger partial charge on any atom is 0.141 e. The molecule has 2 fully saturated rings. The Morgan fingerprint density at radius 2 is 2.20 bits per heavy atom. The van der Waals surface area contributed by atoms with Gasteiger partial charge >= 0.3 is 0 Å². The van der Waals surface area contributed by atoms with Gasteiger partial charge in [-0.3, -0.25) is 4.90 Å². The molecule has 1 aromatic heterocycles. The molecule has 134 valence electrons. The maximum absolute atomic E-state index is 13.4. The fourth-order valence-electron chi connectivity index (χ4n) is 3.90. The Labute approximate surface area is 151 Å². The van der Waals surface area contributed by atoms with E-state index in [1.165, 1.54) is 6.07 Å². The largest absolute Gasteiger partial charge is 0.396 e. The van der Waals surface area contributed by atoms with E-state index >= 15 is 0 Å². The lowest BCUT2D eigenvalue weighted by atomic mass is 10.1. The monoisotopic (exact) mass is 365 g/mol. The van der Waals surface area contributed by atoms with Gasteiger partial charge in [-0.25, -0.2) is 9.37 Å². The summed E-state index contributed by atoms with van der Waals surface area (Å²) in [6.07, 6.45) is 5.53. The lowest BCUT2D eigenvalue weighted by Gasteiger charge is -2.34. The molecule has 5 nitrogen and oxygen atoms in total. The highest BCUT2D eigenvalue weighted by Crippen LogP contribution is 2.34. The zero-order valence-corrected chi connectivity index (χ0v) is 14.6. The van der Waals surface area contributed by atoms with Crippen molar-refractivity contribution >= 4 is 11.6 Å². The number of nitrogens with zero attached hydrogens (tertiary/aromatic N) is 3. The van der Waals surface area contributed by atoms with Crippen LogP contribution in [0.5, 0.6) is 0 Å². The van der Waals surface area contributed by atoms with Gasteiger partial charge < -0.3 is 14.4 Å². The summed E-state index contributed by atoms with van der Waals surface area (Å²) in [5.41, 5.74) is 0.815. The predicted octanol–water partition coefficient (Wildman–Crippen LogP) is 2.74. The Bertz CT molecular complexity index is 754. The smallest absolute Gasteiger partial charge is 0.141 e. The van der Waals surface area contributed by atoms with Crippen molar-refractivity contribution in [2.24, 2.45) is 0 Å². The van der Waals surface area contributed by atoms with Crippen LogP contribution >= 0.6 is 11.6 Å². The molecular formula is C18H21ClFN3O2. The Morgan fingerprint density at radius 3 is 3.00 bits per heavy atom. The summed E-state index contributed by atoms with van der Waals surface area (Å²) >= 11 is 5.93. The molecule has 4 rings (SSSR count). The van der Waals surface area contributed by atoms with Crippen LogP contribution in [0.25, 0.3) is 11.4 Å². The second-order valence-electron chi connectivity index (χ2n) is 6.75. The van der Waals surface area contributed by atoms with Gasteiger partial charge in [0, 0.05) is 49.7 Å². The first-order valence-corrected chi connectivity index (χ1v) is 8.98. The van der Waals surface area contributed by atoms with E-state index in [2.05, 4.69) is 14.5 Å². The summed E-state index contributed by atoms with van der Waals surface area (Å²) < 4.78 is 21.5. The molecule has 0 amide bonds. The second-order valence-corrected chi connectivity index (χ2v) is 7.16. The molecule has 25 heavy (non-hydrogen) atoms. The Kier molecular flexibility index (Phi) is 4.78. The first-order chi connectivity index (χ1) is 12.2. The van der Waals surface area contributed by atoms with Crippen molar-refractivity contribution in [1.29, 1.82) is 0 Å². The van der Waals surface area contributed by atoms with Gasteiger partial charge in [-0.15, -0.1) is 0 Å². The molecular weight excluding hydrogens is 345 g/mol. The minimum Gasteiger partial charge on any atom is -0.396 e. The number of morpholine rings is 1. The molecule has 0 saturated carbocycles. The highest BCUT2D eigenvalue weighted by Gasteiger charge is 2.38. The number of aliphatic hydroxyl groups excluding tert-OH is 1. The number of hydrogen-bond donors (Lipinski definition) is 1. The Hall–Kier alpha value is -1.47. The third-order valence-electron chi connectivity index (χ3n) is 5.16. The Morgan fingerprint density at radius 1 is 1.32 bits per heavy atom. The van der Waals surface area contributed by atoms with Crippen molar-refractivity contribution in [2.45, 2.75) is 31.0 Å². The first-order valence-electron chi connectivity index (χ1n) is 8.60. The number of ether oxygens (including phenoxy) is 1. The van der Waals surface area contributed by atoms with Gasteiger partial charge in [0.25, 0.3) is 0 Å². The highest BCUT2D eigenvalue weighted by molar-refractivity contribution is 6.31. The molecule has 2 saturated heterocycles. The molecule has 1 aromatic carbocycles. The zero-order valence-electron chi connectivity index (χ0n) is 13.8. The van der Waals surface area contributed by atoms with E-state index in [1.54, 1.807) is 18.3 Å². The quantitative estimate of drug-likeness (QED) is 0.905. The number of benzene rings is 1. The van der Waals surface area contributed by atoms with E-state index in [4.69, 9.17) is 21.4 Å². The number of hydrogen-bond acceptors (Lipinski definition) is 4. The van der Waals surface area contributed by atoms with Crippen LogP contribution in [-0.4, -0.2) is 58.0 Å². The standard InChI is InChI=1S/C18H21ClFN3O2/c19-16-7-12(1-2-17(16)20)18-21-4-5-23(18)13-8-14-11-25-15(3-6-24)10-22(14)9-13/h1-2,4-5,7,13-15,24H,3,6,8-11H2/t13-,14-,15-/m0/s1. The number of halogens is 2. The van der Waals surface area contributed by atoms with Gasteiger partial charge in [0.15, 0.2) is 0 Å². The lowest BCUT2D eigenvalue weighted by Crippen LogP contribution is -2.46. The SMILES string of the molecule is OCC[C@H]1CN2C[C@@H](n3ccnc3-c3ccc(F)c(Cl)c3)C[C@H]2CO1. The minimum absolute atomic E-state index is 0.108. The maximum atomic E-state index is 13.4. The molecule has 0 bridgehead atoms. The minimum atomic E-state index is -0.423. The van der Waals surface area contributed by atoms with E-state index in [0.29, 0.717) is 25.1 Å². The average molecular weight is 366 g/mol. The van der Waals surface area contributed by atoms with Crippen molar-refractivity contribution < 1.29 is 14.2 Å². The Balaban J connectivity index is 1.54. The molecule has 0 unspecified atom stereocenters. The summed E-state index contributed by atoms with van der Waals surface area (Å²) in [6.45, 7) is 2.64. The summed E-state index contributed by atoms with van der Waals surface area (Å²) in [5, 5.41) is 9.22. The average Bonchev–Trinajstić information content (AvgIpc) is 3.23. The zero-order chi connectivity index (χ0) is 17.4. The molecule has 3 heterocycles. The molecule has 7 heteroatoms. The molecule has 0 radical (unpaired) electrons. The molecule has 2 aliphatic rings. The lowest BCUT2D eigenvalue weighted by molar-refractivity contribution is -0.0567. The second kappa shape index (κ2) is 7.03. The van der Waals surface area contributed by atoms with E-state index in [0.717, 1.165) is 30.9 Å². The van der Waals surface area contributed by atoms with Gasteiger partial charge in [0.2, 0.25) is 0 Å². The molecule has 2 aliphatic heterocycles. The van der Waals surface area contributed by atoms with Crippen LogP contribution in [0, 0.1) is 5.82 Å². The van der Waals surface area contributed by atoms with E-state index in [-0.39, 0.29) is 17.7 Å². The summed E-state index contributed by atoms with van der Waals surface area (Å²) in [4.78, 5) is 6.90. The van der Waals surface area contributed by atoms with Crippen molar-refractivity contribution in [2.75, 3.05) is 26.3 Å². The van der Waals surface area contributed by atoms with Crippen molar-refractivity contribution in [3.8, 4) is 11.4 Å². The molecule has 2 aromatic rings. The van der Waals surface area contributed by atoms with Gasteiger partial charge in [-0.05, 0) is 31.0 Å².